The highest BCUT2D eigenvalue weighted by Gasteiger charge is 2.18. The van der Waals surface area contributed by atoms with E-state index in [1.54, 1.807) is 59.6 Å². The summed E-state index contributed by atoms with van der Waals surface area (Å²) in [5.41, 5.74) is 11.4. The number of carbonyl (C=O) groups is 2. The van der Waals surface area contributed by atoms with Crippen LogP contribution >= 0.6 is 71.9 Å². The number of fused-ring (bicyclic) bond motifs is 2. The van der Waals surface area contributed by atoms with Crippen molar-refractivity contribution in [3.63, 3.8) is 0 Å². The minimum atomic E-state index is -3.22. The Morgan fingerprint density at radius 3 is 1.31 bits per heavy atom. The normalized spacial score (nSPS) is 10.9. The predicted octanol–water partition coefficient (Wildman–Crippen LogP) is 21.9. The average Bonchev–Trinajstić information content (AvgIpc) is 1.11. The molecule has 7 aromatic carbocycles. The van der Waals surface area contributed by atoms with Gasteiger partial charge in [0.2, 0.25) is 9.23 Å². The lowest BCUT2D eigenvalue weighted by molar-refractivity contribution is 0.0695. The number of rotatable bonds is 10. The Balaban J connectivity index is 0.000000306. The van der Waals surface area contributed by atoms with Crippen molar-refractivity contribution in [3.8, 4) is 45.5 Å². The van der Waals surface area contributed by atoms with Gasteiger partial charge in [-0.1, -0.05) is 147 Å². The Hall–Kier alpha value is -7.09. The first-order valence-corrected chi connectivity index (χ1v) is 37.2. The summed E-state index contributed by atoms with van der Waals surface area (Å²) in [5.74, 6) is 2.21. The van der Waals surface area contributed by atoms with E-state index in [1.165, 1.54) is 22.8 Å². The highest BCUT2D eigenvalue weighted by atomic mass is 36.0. The van der Waals surface area contributed by atoms with Crippen molar-refractivity contribution in [1.82, 2.24) is 14.9 Å². The lowest BCUT2D eigenvalue weighted by Crippen LogP contribution is -2.30. The minimum absolute atomic E-state index is 0.0833. The van der Waals surface area contributed by atoms with Crippen molar-refractivity contribution < 1.29 is 42.4 Å². The molecule has 0 fully saturated rings. The summed E-state index contributed by atoms with van der Waals surface area (Å²) in [7, 11) is 13.8. The first-order chi connectivity index (χ1) is 44.3. The molecule has 0 unspecified atom stereocenters. The second-order valence-corrected chi connectivity index (χ2v) is 33.7. The number of nitrogens with one attached hydrogen (secondary N) is 1. The monoisotopic (exact) mass is 1450 g/mol. The molecule has 95 heavy (non-hydrogen) atoms. The Kier molecular flexibility index (Phi) is 32.9. The zero-order chi connectivity index (χ0) is 71.8. The number of aryl methyl sites for hydroxylation is 2. The second kappa shape index (κ2) is 38.0. The molecule has 0 saturated heterocycles. The third kappa shape index (κ3) is 27.5. The lowest BCUT2D eigenvalue weighted by Gasteiger charge is -2.19. The van der Waals surface area contributed by atoms with E-state index >= 15 is 0 Å². The number of carboxylic acids is 1. The summed E-state index contributed by atoms with van der Waals surface area (Å²) < 4.78 is 39.2. The number of nitrogens with zero attached hydrogens (tertiary/aromatic N) is 3. The van der Waals surface area contributed by atoms with Crippen LogP contribution in [0.5, 0.6) is 23.0 Å². The standard InChI is InChI=1S/C20H20ClNO.C20H21NO2.C13H19NO2.C11H13N.C9H10O3.Cl3OP.Cl2OS/c1-20(2,3)15-7-5-13(6-8-15)18-12-14-11-16(23-4)9-10-17(14)19(21)22-18;1-20(2,3)15-7-5-13(6-8-15)18-12-14-11-16(23-4)9-10-17(14)19(22)21-18;1-5-14(6-2)13(15)12-8-7-11(16-4)9-10(12)3;1-11(2,3)9-5-7-10(12-4)8-6-9;1-6-5-7(12-2)3-4-8(6)9(10)11;1-5(2,3)4;1-4(2)3/h5-12H,1-4H3;5-12H,1-4H3,(H,21,22);7-9H,5-6H2,1-4H3;5-8H,1-3H3;3-5H,1-2H3,(H,10,11);;. The van der Waals surface area contributed by atoms with Gasteiger partial charge in [-0.3, -0.25) is 14.2 Å². The predicted molar refractivity (Wildman–Crippen MR) is 399 cm³/mol. The van der Waals surface area contributed by atoms with Crippen LogP contribution in [0.4, 0.5) is 5.69 Å². The Morgan fingerprint density at radius 2 is 0.937 bits per heavy atom. The van der Waals surface area contributed by atoms with Gasteiger partial charge >= 0.3 is 11.2 Å². The van der Waals surface area contributed by atoms with Crippen LogP contribution < -0.4 is 24.5 Å². The fourth-order valence-electron chi connectivity index (χ4n) is 9.01. The van der Waals surface area contributed by atoms with Crippen molar-refractivity contribution in [2.24, 2.45) is 0 Å². The van der Waals surface area contributed by atoms with E-state index in [9.17, 15) is 18.9 Å². The summed E-state index contributed by atoms with van der Waals surface area (Å²) in [6, 6.07) is 50.4. The molecule has 0 aliphatic rings. The number of amides is 1. The molecule has 9 rings (SSSR count). The first kappa shape index (κ1) is 82.1. The number of aromatic nitrogens is 2. The third-order valence-electron chi connectivity index (χ3n) is 14.4. The van der Waals surface area contributed by atoms with Crippen LogP contribution in [0.3, 0.4) is 0 Å². The molecule has 1 amide bonds. The van der Waals surface area contributed by atoms with E-state index in [0.717, 1.165) is 80.1 Å². The maximum Gasteiger partial charge on any atom is 0.339 e. The van der Waals surface area contributed by atoms with Gasteiger partial charge < -0.3 is 33.9 Å². The summed E-state index contributed by atoms with van der Waals surface area (Å²) in [5, 5.41) is 9.49. The molecule has 14 nitrogen and oxygen atoms in total. The van der Waals surface area contributed by atoms with Crippen LogP contribution in [0.25, 0.3) is 48.9 Å². The fraction of sp³-hybridized carbons (Fsp3) is 0.301. The second-order valence-electron chi connectivity index (χ2n) is 24.1. The Labute approximate surface area is 590 Å². The van der Waals surface area contributed by atoms with E-state index in [0.29, 0.717) is 33.1 Å². The van der Waals surface area contributed by atoms with Gasteiger partial charge in [-0.25, -0.2) is 18.8 Å². The van der Waals surface area contributed by atoms with Gasteiger partial charge in [0, 0.05) is 62.0 Å². The van der Waals surface area contributed by atoms with Crippen LogP contribution in [0, 0.1) is 20.4 Å². The molecule has 0 bridgehead atoms. The average molecular weight is 1450 g/mol. The molecular weight excluding hydrogens is 1370 g/mol. The highest BCUT2D eigenvalue weighted by Crippen LogP contribution is 2.61. The Bertz CT molecular complexity index is 4160. The number of halogens is 6. The molecule has 2 heterocycles. The number of benzene rings is 7. The van der Waals surface area contributed by atoms with Gasteiger partial charge in [0.05, 0.1) is 46.3 Å². The zero-order valence-corrected chi connectivity index (χ0v) is 62.8. The minimum Gasteiger partial charge on any atom is -0.497 e. The van der Waals surface area contributed by atoms with Crippen molar-refractivity contribution in [2.45, 2.75) is 106 Å². The van der Waals surface area contributed by atoms with Crippen LogP contribution in [0.1, 0.15) is 125 Å². The molecule has 0 aliphatic heterocycles. The quantitative estimate of drug-likeness (QED) is 0.0576. The summed E-state index contributed by atoms with van der Waals surface area (Å²) in [6.07, 6.45) is 0. The number of methoxy groups -OCH3 is 4. The molecule has 0 atom stereocenters. The number of hydrogen-bond donors (Lipinski definition) is 2. The van der Waals surface area contributed by atoms with Crippen LogP contribution in [-0.2, 0) is 30.0 Å². The Morgan fingerprint density at radius 1 is 0.579 bits per heavy atom. The smallest absolute Gasteiger partial charge is 0.339 e. The van der Waals surface area contributed by atoms with Crippen molar-refractivity contribution in [1.29, 1.82) is 0 Å². The van der Waals surface area contributed by atoms with Gasteiger partial charge in [-0.05, 0) is 207 Å². The number of H-pyrrole nitrogens is 1. The van der Waals surface area contributed by atoms with Gasteiger partial charge in [-0.2, -0.15) is 0 Å². The molecule has 9 aromatic rings. The SMILES string of the molecule is CCN(CC)C(=O)c1ccc(OC)cc1C.COc1ccc(C(=O)O)c(C)c1.COc1ccc2c(=O)[nH]c(-c3ccc(C(C)(C)C)cc3)cc2c1.COc1ccc2c(Cl)nc(-c3ccc(C(C)(C)C)cc3)cc2c1.O=P(Cl)(Cl)Cl.O=S(Cl)Cl.[C-]#[N+]c1ccc(C(C)(C)C)cc1. The van der Waals surface area contributed by atoms with Crippen LogP contribution in [0.2, 0.25) is 5.15 Å². The van der Waals surface area contributed by atoms with Gasteiger partial charge in [0.1, 0.15) is 28.2 Å². The summed E-state index contributed by atoms with van der Waals surface area (Å²) >= 11 is 20.2. The number of ether oxygens (including phenoxy) is 4. The molecule has 0 saturated carbocycles. The van der Waals surface area contributed by atoms with Crippen molar-refractivity contribution >= 4 is 120 Å². The van der Waals surface area contributed by atoms with E-state index in [4.69, 9.17) is 46.4 Å². The van der Waals surface area contributed by atoms with Crippen molar-refractivity contribution in [2.75, 3.05) is 41.5 Å². The zero-order valence-electron chi connectivity index (χ0n) is 56.5. The summed E-state index contributed by atoms with van der Waals surface area (Å²) in [4.78, 5) is 47.7. The van der Waals surface area contributed by atoms with Crippen LogP contribution in [0.15, 0.2) is 163 Å². The number of aromatic amines is 1. The molecule has 2 N–H and O–H groups in total. The molecule has 2 aromatic heterocycles. The summed E-state index contributed by atoms with van der Waals surface area (Å²) in [6.45, 7) is 35.6. The maximum atomic E-state index is 12.3. The fourth-order valence-corrected chi connectivity index (χ4v) is 9.28. The van der Waals surface area contributed by atoms with Gasteiger partial charge in [0.25, 0.3) is 11.5 Å². The number of carboxylic acid groups (broad SMARTS) is 1. The van der Waals surface area contributed by atoms with Crippen LogP contribution in [-0.4, -0.2) is 77.6 Å². The van der Waals surface area contributed by atoms with E-state index in [1.807, 2.05) is 98.5 Å². The number of carbonyl (C=O) groups excluding carboxylic acids is 1. The van der Waals surface area contributed by atoms with E-state index in [-0.39, 0.29) is 27.7 Å². The molecule has 0 aliphatic carbocycles. The number of pyridine rings is 2. The topological polar surface area (TPSA) is 179 Å². The largest absolute Gasteiger partial charge is 0.497 e. The molecule has 0 spiro atoms. The first-order valence-electron chi connectivity index (χ1n) is 29.6. The highest BCUT2D eigenvalue weighted by molar-refractivity contribution is 8.26. The number of hydrogen-bond acceptors (Lipinski definition) is 10. The molecule has 22 heteroatoms. The van der Waals surface area contributed by atoms with E-state index in [2.05, 4.69) is 187 Å². The third-order valence-corrected chi connectivity index (χ3v) is 14.7. The van der Waals surface area contributed by atoms with E-state index < -0.39 is 20.4 Å². The van der Waals surface area contributed by atoms with Crippen molar-refractivity contribution in [3.05, 3.63) is 224 Å². The van der Waals surface area contributed by atoms with Gasteiger partial charge in [0.15, 0.2) is 5.69 Å². The van der Waals surface area contributed by atoms with Gasteiger partial charge in [-0.15, -0.1) is 0 Å². The molecule has 0 radical (unpaired) electrons. The lowest BCUT2D eigenvalue weighted by atomic mass is 9.86. The maximum absolute atomic E-state index is 12.3. The molecular formula is C73H83Cl6N4O10PS. The number of aromatic carboxylic acids is 1. The molecule has 508 valence electrons.